The van der Waals surface area contributed by atoms with Crippen LogP contribution < -0.4 is 4.72 Å². The van der Waals surface area contributed by atoms with E-state index in [1.807, 2.05) is 4.72 Å². The first-order valence-corrected chi connectivity index (χ1v) is 8.06. The van der Waals surface area contributed by atoms with E-state index in [9.17, 15) is 17.2 Å². The van der Waals surface area contributed by atoms with Crippen LogP contribution in [-0.2, 0) is 10.0 Å². The molecule has 0 fully saturated rings. The minimum absolute atomic E-state index is 0.0357. The van der Waals surface area contributed by atoms with E-state index in [2.05, 4.69) is 4.98 Å². The molecule has 2 aromatic rings. The molecular weight excluding hydrogens is 353 g/mol. The molecule has 2 rings (SSSR count). The lowest BCUT2D eigenvalue weighted by Gasteiger charge is -2.09. The van der Waals surface area contributed by atoms with E-state index in [1.54, 1.807) is 0 Å². The highest BCUT2D eigenvalue weighted by Crippen LogP contribution is 2.32. The third-order valence-electron chi connectivity index (χ3n) is 2.22. The third-order valence-corrected chi connectivity index (χ3v) is 5.73. The molecule has 0 saturated heterocycles. The van der Waals surface area contributed by atoms with Gasteiger partial charge in [-0.3, -0.25) is 4.72 Å². The SMILES string of the molecule is Cc1nc(Cl)sc1S(=O)(=O)Nc1c(F)cc(F)cc1Cl. The van der Waals surface area contributed by atoms with E-state index in [0.29, 0.717) is 6.07 Å². The Balaban J connectivity index is 2.46. The zero-order chi connectivity index (χ0) is 15.1. The van der Waals surface area contributed by atoms with Crippen LogP contribution in [0.1, 0.15) is 5.69 Å². The highest BCUT2D eigenvalue weighted by molar-refractivity contribution is 7.94. The molecule has 1 aromatic heterocycles. The summed E-state index contributed by atoms with van der Waals surface area (Å²) in [4.78, 5) is 3.76. The Kier molecular flexibility index (Phi) is 4.19. The van der Waals surface area contributed by atoms with Crippen LogP contribution in [-0.4, -0.2) is 13.4 Å². The highest BCUT2D eigenvalue weighted by atomic mass is 35.5. The Morgan fingerprint density at radius 3 is 2.45 bits per heavy atom. The summed E-state index contributed by atoms with van der Waals surface area (Å²) in [6, 6.07) is 1.32. The molecule has 0 aliphatic carbocycles. The molecule has 0 radical (unpaired) electrons. The highest BCUT2D eigenvalue weighted by Gasteiger charge is 2.24. The lowest BCUT2D eigenvalue weighted by atomic mass is 10.3. The van der Waals surface area contributed by atoms with Crippen molar-refractivity contribution in [3.63, 3.8) is 0 Å². The van der Waals surface area contributed by atoms with Gasteiger partial charge < -0.3 is 0 Å². The molecule has 20 heavy (non-hydrogen) atoms. The number of rotatable bonds is 3. The van der Waals surface area contributed by atoms with Gasteiger partial charge in [-0.05, 0) is 13.0 Å². The van der Waals surface area contributed by atoms with Gasteiger partial charge in [0.15, 0.2) is 14.5 Å². The van der Waals surface area contributed by atoms with Crippen molar-refractivity contribution in [2.24, 2.45) is 0 Å². The summed E-state index contributed by atoms with van der Waals surface area (Å²) >= 11 is 12.0. The molecule has 0 bridgehead atoms. The smallest absolute Gasteiger partial charge is 0.273 e. The number of sulfonamides is 1. The van der Waals surface area contributed by atoms with Crippen LogP contribution in [0.15, 0.2) is 16.3 Å². The predicted octanol–water partition coefficient (Wildman–Crippen LogP) is 3.84. The second kappa shape index (κ2) is 5.44. The minimum Gasteiger partial charge on any atom is -0.274 e. The number of hydrogen-bond acceptors (Lipinski definition) is 4. The topological polar surface area (TPSA) is 59.1 Å². The molecule has 0 amide bonds. The first-order chi connectivity index (χ1) is 9.20. The van der Waals surface area contributed by atoms with Crippen LogP contribution in [0.2, 0.25) is 9.49 Å². The summed E-state index contributed by atoms with van der Waals surface area (Å²) < 4.78 is 52.5. The van der Waals surface area contributed by atoms with Crippen LogP contribution in [0.3, 0.4) is 0 Å². The summed E-state index contributed by atoms with van der Waals surface area (Å²) in [5, 5.41) is -0.389. The summed E-state index contributed by atoms with van der Waals surface area (Å²) in [7, 11) is -4.11. The lowest BCUT2D eigenvalue weighted by molar-refractivity contribution is 0.583. The number of halogens is 4. The molecule has 0 atom stereocenters. The Labute approximate surface area is 127 Å². The fourth-order valence-corrected chi connectivity index (χ4v) is 4.55. The molecule has 1 heterocycles. The maximum atomic E-state index is 13.6. The number of aryl methyl sites for hydroxylation is 1. The minimum atomic E-state index is -4.11. The largest absolute Gasteiger partial charge is 0.274 e. The Morgan fingerprint density at radius 1 is 1.30 bits per heavy atom. The maximum absolute atomic E-state index is 13.6. The van der Waals surface area contributed by atoms with Gasteiger partial charge in [0.05, 0.1) is 10.7 Å². The molecule has 1 N–H and O–H groups in total. The van der Waals surface area contributed by atoms with Crippen LogP contribution in [0.4, 0.5) is 14.5 Å². The number of aromatic nitrogens is 1. The number of nitrogens with zero attached hydrogens (tertiary/aromatic N) is 1. The number of thiazole rings is 1. The average Bonchev–Trinajstić information content (AvgIpc) is 2.64. The van der Waals surface area contributed by atoms with Gasteiger partial charge in [-0.1, -0.05) is 34.5 Å². The molecule has 0 aliphatic rings. The van der Waals surface area contributed by atoms with Gasteiger partial charge in [-0.25, -0.2) is 22.2 Å². The van der Waals surface area contributed by atoms with E-state index in [4.69, 9.17) is 23.2 Å². The van der Waals surface area contributed by atoms with Crippen molar-refractivity contribution in [3.05, 3.63) is 39.0 Å². The molecule has 1 aromatic carbocycles. The van der Waals surface area contributed by atoms with E-state index < -0.39 is 27.3 Å². The molecule has 0 aliphatic heterocycles. The Bertz CT molecular complexity index is 755. The molecule has 0 spiro atoms. The summed E-state index contributed by atoms with van der Waals surface area (Å²) in [5.41, 5.74) is -0.358. The summed E-state index contributed by atoms with van der Waals surface area (Å²) in [5.74, 6) is -2.03. The lowest BCUT2D eigenvalue weighted by Crippen LogP contribution is -2.14. The van der Waals surface area contributed by atoms with Gasteiger partial charge in [-0.2, -0.15) is 0 Å². The van der Waals surface area contributed by atoms with E-state index in [1.165, 1.54) is 6.92 Å². The normalized spacial score (nSPS) is 11.7. The first-order valence-electron chi connectivity index (χ1n) is 5.01. The van der Waals surface area contributed by atoms with E-state index >= 15 is 0 Å². The monoisotopic (exact) mass is 358 g/mol. The summed E-state index contributed by atoms with van der Waals surface area (Å²) in [6.45, 7) is 1.44. The molecule has 0 saturated carbocycles. The number of anilines is 1. The zero-order valence-electron chi connectivity index (χ0n) is 9.75. The Morgan fingerprint density at radius 2 is 1.95 bits per heavy atom. The predicted molar refractivity (Wildman–Crippen MR) is 74.0 cm³/mol. The fourth-order valence-electron chi connectivity index (χ4n) is 1.42. The van der Waals surface area contributed by atoms with Crippen molar-refractivity contribution in [3.8, 4) is 0 Å². The van der Waals surface area contributed by atoms with Crippen molar-refractivity contribution in [1.29, 1.82) is 0 Å². The van der Waals surface area contributed by atoms with Crippen molar-refractivity contribution >= 4 is 50.2 Å². The standard InChI is InChI=1S/C10H6Cl2F2N2O2S2/c1-4-9(19-10(12)15-4)20(17,18)16-8-6(11)2-5(13)3-7(8)14/h2-3,16H,1H3. The maximum Gasteiger partial charge on any atom is 0.273 e. The average molecular weight is 359 g/mol. The van der Waals surface area contributed by atoms with Crippen molar-refractivity contribution in [1.82, 2.24) is 4.98 Å². The van der Waals surface area contributed by atoms with Crippen LogP contribution in [0, 0.1) is 18.6 Å². The van der Waals surface area contributed by atoms with Crippen molar-refractivity contribution < 1.29 is 17.2 Å². The zero-order valence-corrected chi connectivity index (χ0v) is 12.9. The second-order valence-corrected chi connectivity index (χ2v) is 7.56. The number of benzene rings is 1. The van der Waals surface area contributed by atoms with Gasteiger partial charge in [0, 0.05) is 6.07 Å². The fraction of sp³-hybridized carbons (Fsp3) is 0.100. The molecule has 0 unspecified atom stereocenters. The summed E-state index contributed by atoms with van der Waals surface area (Å²) in [6.07, 6.45) is 0. The number of hydrogen-bond donors (Lipinski definition) is 1. The quantitative estimate of drug-likeness (QED) is 0.906. The van der Waals surface area contributed by atoms with Gasteiger partial charge in [0.25, 0.3) is 10.0 Å². The van der Waals surface area contributed by atoms with Gasteiger partial charge in [0.2, 0.25) is 0 Å². The van der Waals surface area contributed by atoms with Crippen LogP contribution in [0.25, 0.3) is 0 Å². The van der Waals surface area contributed by atoms with Crippen LogP contribution >= 0.6 is 34.5 Å². The molecule has 4 nitrogen and oxygen atoms in total. The Hall–Kier alpha value is -0.960. The van der Waals surface area contributed by atoms with Gasteiger partial charge in [0.1, 0.15) is 11.5 Å². The van der Waals surface area contributed by atoms with E-state index in [-0.39, 0.29) is 19.4 Å². The van der Waals surface area contributed by atoms with Gasteiger partial charge >= 0.3 is 0 Å². The molecule has 108 valence electrons. The first kappa shape index (κ1) is 15.4. The third kappa shape index (κ3) is 3.03. The molecular formula is C10H6Cl2F2N2O2S2. The number of nitrogens with one attached hydrogen (secondary N) is 1. The van der Waals surface area contributed by atoms with Gasteiger partial charge in [-0.15, -0.1) is 0 Å². The van der Waals surface area contributed by atoms with E-state index in [0.717, 1.165) is 17.4 Å². The van der Waals surface area contributed by atoms with Crippen molar-refractivity contribution in [2.45, 2.75) is 11.1 Å². The molecule has 10 heteroatoms. The van der Waals surface area contributed by atoms with Crippen molar-refractivity contribution in [2.75, 3.05) is 4.72 Å². The second-order valence-electron chi connectivity index (χ2n) is 3.69. The van der Waals surface area contributed by atoms with Crippen LogP contribution in [0.5, 0.6) is 0 Å².